The fraction of sp³-hybridized carbons (Fsp3) is 0.294. The highest BCUT2D eigenvalue weighted by Crippen LogP contribution is 2.31. The highest BCUT2D eigenvalue weighted by Gasteiger charge is 2.21. The van der Waals surface area contributed by atoms with E-state index in [1.165, 1.54) is 22.4 Å². The normalized spacial score (nSPS) is 26.2. The van der Waals surface area contributed by atoms with Crippen LogP contribution in [0.1, 0.15) is 53.4 Å². The van der Waals surface area contributed by atoms with Gasteiger partial charge in [0.1, 0.15) is 0 Å². The predicted molar refractivity (Wildman–Crippen MR) is 157 cm³/mol. The van der Waals surface area contributed by atoms with Gasteiger partial charge in [0.15, 0.2) is 0 Å². The van der Waals surface area contributed by atoms with Crippen molar-refractivity contribution < 1.29 is 0 Å². The third-order valence-corrected chi connectivity index (χ3v) is 6.29. The van der Waals surface area contributed by atoms with E-state index in [4.69, 9.17) is 0 Å². The Morgan fingerprint density at radius 1 is 1.03 bits per heavy atom. The number of nitrogens with zero attached hydrogens (tertiary/aromatic N) is 1. The summed E-state index contributed by atoms with van der Waals surface area (Å²) < 4.78 is 0. The minimum absolute atomic E-state index is 0.130. The lowest BCUT2D eigenvalue weighted by Crippen LogP contribution is -2.31. The van der Waals surface area contributed by atoms with Crippen molar-refractivity contribution in [2.45, 2.75) is 59.4 Å². The lowest BCUT2D eigenvalue weighted by atomic mass is 9.94. The maximum atomic E-state index is 4.15. The molecule has 0 saturated heterocycles. The van der Waals surface area contributed by atoms with Crippen LogP contribution in [0.2, 0.25) is 0 Å². The number of hydrogen-bond donors (Lipinski definition) is 0. The molecule has 1 nitrogen and oxygen atoms in total. The molecule has 0 aromatic carbocycles. The van der Waals surface area contributed by atoms with E-state index in [0.717, 1.165) is 31.4 Å². The molecule has 0 spiro atoms. The first kappa shape index (κ1) is 27.9. The van der Waals surface area contributed by atoms with Gasteiger partial charge in [-0.15, -0.1) is 6.58 Å². The van der Waals surface area contributed by atoms with Gasteiger partial charge < -0.3 is 4.90 Å². The average Bonchev–Trinajstić information content (AvgIpc) is 2.91. The third-order valence-electron chi connectivity index (χ3n) is 6.29. The molecule has 0 heterocycles. The van der Waals surface area contributed by atoms with Crippen LogP contribution < -0.4 is 0 Å². The van der Waals surface area contributed by atoms with E-state index in [-0.39, 0.29) is 6.04 Å². The first-order chi connectivity index (χ1) is 17.0. The zero-order chi connectivity index (χ0) is 25.5. The van der Waals surface area contributed by atoms with E-state index >= 15 is 0 Å². The van der Waals surface area contributed by atoms with E-state index in [9.17, 15) is 0 Å². The smallest absolute Gasteiger partial charge is 0.0488 e. The Balaban J connectivity index is 2.67. The number of hydrogen-bond acceptors (Lipinski definition) is 1. The second kappa shape index (κ2) is 15.6. The Hall–Kier alpha value is -3.32. The molecule has 0 aliphatic heterocycles. The average molecular weight is 466 g/mol. The van der Waals surface area contributed by atoms with Gasteiger partial charge in [0.25, 0.3) is 0 Å². The Morgan fingerprint density at radius 3 is 2.49 bits per heavy atom. The van der Waals surface area contributed by atoms with Gasteiger partial charge in [-0.2, -0.15) is 0 Å². The van der Waals surface area contributed by atoms with Crippen LogP contribution in [0.4, 0.5) is 0 Å². The Bertz CT molecular complexity index is 1030. The van der Waals surface area contributed by atoms with Gasteiger partial charge in [-0.3, -0.25) is 0 Å². The quantitative estimate of drug-likeness (QED) is 0.242. The molecule has 0 bridgehead atoms. The molecule has 1 heteroatoms. The molecule has 0 amide bonds. The van der Waals surface area contributed by atoms with Crippen molar-refractivity contribution in [3.63, 3.8) is 0 Å². The first-order valence-corrected chi connectivity index (χ1v) is 12.8. The highest BCUT2D eigenvalue weighted by atomic mass is 15.2. The third kappa shape index (κ3) is 8.76. The molecule has 2 unspecified atom stereocenters. The molecular formula is C34H43N. The molecule has 2 aliphatic rings. The maximum Gasteiger partial charge on any atom is 0.0488 e. The molecule has 35 heavy (non-hydrogen) atoms. The monoisotopic (exact) mass is 465 g/mol. The lowest BCUT2D eigenvalue weighted by molar-refractivity contribution is 0.380. The van der Waals surface area contributed by atoms with Crippen LogP contribution in [-0.4, -0.2) is 10.9 Å². The molecule has 184 valence electrons. The molecule has 0 N–H and O–H groups in total. The van der Waals surface area contributed by atoms with E-state index in [1.807, 2.05) is 18.2 Å². The topological polar surface area (TPSA) is 3.24 Å². The molecule has 2 atom stereocenters. The molecule has 0 saturated carbocycles. The maximum absolute atomic E-state index is 4.15. The summed E-state index contributed by atoms with van der Waals surface area (Å²) in [4.78, 5) is 2.44. The van der Waals surface area contributed by atoms with Gasteiger partial charge in [0.2, 0.25) is 0 Å². The van der Waals surface area contributed by atoms with Crippen LogP contribution in [-0.2, 0) is 0 Å². The van der Waals surface area contributed by atoms with Crippen molar-refractivity contribution in [2.75, 3.05) is 0 Å². The number of allylic oxidation sites excluding steroid dienone is 19. The summed E-state index contributed by atoms with van der Waals surface area (Å²) in [5.41, 5.74) is 6.36. The molecular weight excluding hydrogens is 422 g/mol. The SMILES string of the molecule is C=C/C=C\C1=C(/N(C(/C=C\C)=C/C=C(C)/C2=C/C=C\CC=CC2)C(C)C=C)C/C=C\CC=CC1C. The standard InChI is InChI=1S/C34H43N/c1-7-10-24-33-29(5)21-16-14-15-19-25-34(33)35(30(6)9-3)32(20-8-2)27-26-28(4)31-22-17-12-11-13-18-23-31/h7-10,12-13,15-22,24,26-27,29-30H,1,3,11,14,23,25H2,2,4-6H3/b17-12-,18-13?,19-15-,20-8-,21-16?,24-10-,28-26+,31-22+,32-27+,34-33+. The fourth-order valence-corrected chi connectivity index (χ4v) is 4.25. The summed E-state index contributed by atoms with van der Waals surface area (Å²) in [5, 5.41) is 0. The van der Waals surface area contributed by atoms with Crippen LogP contribution in [0, 0.1) is 5.92 Å². The Kier molecular flexibility index (Phi) is 12.4. The van der Waals surface area contributed by atoms with Crippen LogP contribution >= 0.6 is 0 Å². The van der Waals surface area contributed by atoms with E-state index in [0.29, 0.717) is 5.92 Å². The number of rotatable bonds is 9. The predicted octanol–water partition coefficient (Wildman–Crippen LogP) is 9.64. The Morgan fingerprint density at radius 2 is 1.77 bits per heavy atom. The summed E-state index contributed by atoms with van der Waals surface area (Å²) in [6.45, 7) is 16.8. The summed E-state index contributed by atoms with van der Waals surface area (Å²) in [6.07, 6.45) is 41.0. The first-order valence-electron chi connectivity index (χ1n) is 12.8. The van der Waals surface area contributed by atoms with Crippen LogP contribution in [0.3, 0.4) is 0 Å². The van der Waals surface area contributed by atoms with Gasteiger partial charge in [-0.05, 0) is 68.9 Å². The minimum Gasteiger partial charge on any atom is -0.338 e. The van der Waals surface area contributed by atoms with Gasteiger partial charge in [0.05, 0.1) is 0 Å². The molecule has 0 aromatic heterocycles. The van der Waals surface area contributed by atoms with Gasteiger partial charge in [0, 0.05) is 29.8 Å². The Labute approximate surface area is 214 Å². The van der Waals surface area contributed by atoms with Gasteiger partial charge in [-0.1, -0.05) is 105 Å². The van der Waals surface area contributed by atoms with Gasteiger partial charge in [-0.25, -0.2) is 0 Å². The summed E-state index contributed by atoms with van der Waals surface area (Å²) >= 11 is 0. The molecule has 0 radical (unpaired) electrons. The van der Waals surface area contributed by atoms with E-state index in [2.05, 4.69) is 131 Å². The molecule has 2 aliphatic carbocycles. The van der Waals surface area contributed by atoms with Crippen molar-refractivity contribution in [1.82, 2.24) is 4.90 Å². The van der Waals surface area contributed by atoms with Crippen LogP contribution in [0.25, 0.3) is 0 Å². The zero-order valence-corrected chi connectivity index (χ0v) is 22.2. The molecule has 0 fully saturated rings. The van der Waals surface area contributed by atoms with Crippen molar-refractivity contribution >= 4 is 0 Å². The summed E-state index contributed by atoms with van der Waals surface area (Å²) in [5.74, 6) is 0.295. The van der Waals surface area contributed by atoms with Crippen molar-refractivity contribution in [2.24, 2.45) is 5.92 Å². The lowest BCUT2D eigenvalue weighted by Gasteiger charge is -2.35. The van der Waals surface area contributed by atoms with E-state index in [1.54, 1.807) is 0 Å². The second-order valence-corrected chi connectivity index (χ2v) is 8.94. The van der Waals surface area contributed by atoms with Crippen LogP contribution in [0.15, 0.2) is 145 Å². The zero-order valence-electron chi connectivity index (χ0n) is 22.2. The summed E-state index contributed by atoms with van der Waals surface area (Å²) in [6, 6.07) is 0.130. The fourth-order valence-electron chi connectivity index (χ4n) is 4.25. The van der Waals surface area contributed by atoms with E-state index < -0.39 is 0 Å². The highest BCUT2D eigenvalue weighted by molar-refractivity contribution is 5.42. The molecule has 0 aromatic rings. The van der Waals surface area contributed by atoms with Crippen molar-refractivity contribution in [3.8, 4) is 0 Å². The summed E-state index contributed by atoms with van der Waals surface area (Å²) in [7, 11) is 0. The van der Waals surface area contributed by atoms with Crippen molar-refractivity contribution in [1.29, 1.82) is 0 Å². The second-order valence-electron chi connectivity index (χ2n) is 8.94. The molecule has 2 rings (SSSR count). The largest absolute Gasteiger partial charge is 0.338 e. The van der Waals surface area contributed by atoms with Gasteiger partial charge >= 0.3 is 0 Å². The minimum atomic E-state index is 0.130. The van der Waals surface area contributed by atoms with Crippen molar-refractivity contribution in [3.05, 3.63) is 145 Å². The van der Waals surface area contributed by atoms with Crippen LogP contribution in [0.5, 0.6) is 0 Å².